The maximum Gasteiger partial charge on any atom is 0.573 e. The largest absolute Gasteiger partial charge is 0.573 e. The maximum atomic E-state index is 13.6. The fourth-order valence-electron chi connectivity index (χ4n) is 1.57. The van der Waals surface area contributed by atoms with Gasteiger partial charge in [0.1, 0.15) is 5.82 Å². The van der Waals surface area contributed by atoms with Crippen LogP contribution in [0.2, 0.25) is 0 Å². The van der Waals surface area contributed by atoms with Crippen LogP contribution < -0.4 is 10.2 Å². The van der Waals surface area contributed by atoms with Crippen molar-refractivity contribution in [2.24, 2.45) is 5.10 Å². The summed E-state index contributed by atoms with van der Waals surface area (Å²) in [4.78, 5) is 0. The van der Waals surface area contributed by atoms with Gasteiger partial charge in [-0.1, -0.05) is 18.2 Å². The number of nitrogens with one attached hydrogen (secondary N) is 1. The van der Waals surface area contributed by atoms with Crippen LogP contribution in [0, 0.1) is 11.6 Å². The molecule has 0 saturated heterocycles. The average molecular weight is 316 g/mol. The first kappa shape index (κ1) is 15.7. The first-order chi connectivity index (χ1) is 10.4. The molecule has 0 aliphatic heterocycles. The molecule has 0 bridgehead atoms. The van der Waals surface area contributed by atoms with E-state index in [1.165, 1.54) is 0 Å². The molecule has 116 valence electrons. The number of rotatable bonds is 4. The second-order valence-corrected chi connectivity index (χ2v) is 4.06. The molecular weight excluding hydrogens is 307 g/mol. The predicted molar refractivity (Wildman–Crippen MR) is 70.7 cm³/mol. The number of hydrazone groups is 1. The highest BCUT2D eigenvalue weighted by Crippen LogP contribution is 2.30. The monoisotopic (exact) mass is 316 g/mol. The van der Waals surface area contributed by atoms with Gasteiger partial charge in [0.25, 0.3) is 0 Å². The molecule has 0 fully saturated rings. The number of ether oxygens (including phenoxy) is 1. The molecule has 0 heterocycles. The Morgan fingerprint density at radius 1 is 0.955 bits per heavy atom. The van der Waals surface area contributed by atoms with Crippen LogP contribution in [0.1, 0.15) is 5.56 Å². The number of alkyl halides is 3. The molecule has 2 aromatic rings. The fourth-order valence-corrected chi connectivity index (χ4v) is 1.57. The van der Waals surface area contributed by atoms with Gasteiger partial charge in [0.2, 0.25) is 0 Å². The standard InChI is InChI=1S/C14H9F5N2O/c15-11-6-7-12(16)13(22-14(17,18)19)10(11)8-20-21-9-4-2-1-3-5-9/h1-8,21H. The van der Waals surface area contributed by atoms with Gasteiger partial charge in [0.05, 0.1) is 17.5 Å². The number of benzene rings is 2. The smallest absolute Gasteiger partial charge is 0.402 e. The molecule has 0 amide bonds. The summed E-state index contributed by atoms with van der Waals surface area (Å²) in [5.74, 6) is -3.72. The number of nitrogens with zero attached hydrogens (tertiary/aromatic N) is 1. The Bertz CT molecular complexity index is 671. The number of hydrogen-bond acceptors (Lipinski definition) is 3. The van der Waals surface area contributed by atoms with E-state index in [2.05, 4.69) is 15.3 Å². The molecule has 2 rings (SSSR count). The second kappa shape index (κ2) is 6.42. The van der Waals surface area contributed by atoms with Gasteiger partial charge in [0, 0.05) is 0 Å². The van der Waals surface area contributed by atoms with Crippen molar-refractivity contribution in [1.29, 1.82) is 0 Å². The van der Waals surface area contributed by atoms with Crippen LogP contribution in [0.4, 0.5) is 27.6 Å². The summed E-state index contributed by atoms with van der Waals surface area (Å²) in [6.07, 6.45) is -4.43. The van der Waals surface area contributed by atoms with E-state index in [0.717, 1.165) is 0 Å². The van der Waals surface area contributed by atoms with Gasteiger partial charge in [-0.3, -0.25) is 5.43 Å². The summed E-state index contributed by atoms with van der Waals surface area (Å²) in [6, 6.07) is 9.62. The third kappa shape index (κ3) is 4.18. The van der Waals surface area contributed by atoms with Crippen LogP contribution in [0.15, 0.2) is 47.6 Å². The van der Waals surface area contributed by atoms with Crippen molar-refractivity contribution >= 4 is 11.9 Å². The van der Waals surface area contributed by atoms with Crippen molar-refractivity contribution in [2.75, 3.05) is 5.43 Å². The summed E-state index contributed by atoms with van der Waals surface area (Å²) in [6.45, 7) is 0. The Morgan fingerprint density at radius 3 is 2.23 bits per heavy atom. The zero-order valence-corrected chi connectivity index (χ0v) is 10.9. The molecule has 2 aromatic carbocycles. The van der Waals surface area contributed by atoms with E-state index in [-0.39, 0.29) is 0 Å². The third-order valence-corrected chi connectivity index (χ3v) is 2.47. The molecule has 22 heavy (non-hydrogen) atoms. The highest BCUT2D eigenvalue weighted by Gasteiger charge is 2.34. The van der Waals surface area contributed by atoms with Crippen LogP contribution in [0.5, 0.6) is 5.75 Å². The number of anilines is 1. The topological polar surface area (TPSA) is 33.6 Å². The summed E-state index contributed by atoms with van der Waals surface area (Å²) in [5.41, 5.74) is 2.25. The van der Waals surface area contributed by atoms with Crippen molar-refractivity contribution in [3.05, 3.63) is 59.7 Å². The highest BCUT2D eigenvalue weighted by molar-refractivity contribution is 5.84. The Morgan fingerprint density at radius 2 is 1.59 bits per heavy atom. The van der Waals surface area contributed by atoms with E-state index >= 15 is 0 Å². The molecule has 0 aliphatic rings. The molecule has 0 radical (unpaired) electrons. The van der Waals surface area contributed by atoms with Gasteiger partial charge in [0.15, 0.2) is 11.6 Å². The van der Waals surface area contributed by atoms with Crippen molar-refractivity contribution in [3.8, 4) is 5.75 Å². The third-order valence-electron chi connectivity index (χ3n) is 2.47. The minimum atomic E-state index is -5.15. The summed E-state index contributed by atoms with van der Waals surface area (Å²) >= 11 is 0. The van der Waals surface area contributed by atoms with Gasteiger partial charge in [-0.05, 0) is 24.3 Å². The van der Waals surface area contributed by atoms with E-state index in [1.807, 2.05) is 0 Å². The van der Waals surface area contributed by atoms with Crippen LogP contribution >= 0.6 is 0 Å². The molecule has 0 aliphatic carbocycles. The number of hydrogen-bond donors (Lipinski definition) is 1. The lowest BCUT2D eigenvalue weighted by atomic mass is 10.2. The zero-order chi connectivity index (χ0) is 16.2. The molecule has 0 unspecified atom stereocenters. The highest BCUT2D eigenvalue weighted by atomic mass is 19.4. The van der Waals surface area contributed by atoms with Crippen LogP contribution in [-0.4, -0.2) is 12.6 Å². The normalized spacial score (nSPS) is 11.7. The lowest BCUT2D eigenvalue weighted by Crippen LogP contribution is -2.19. The first-order valence-corrected chi connectivity index (χ1v) is 5.95. The maximum absolute atomic E-state index is 13.6. The van der Waals surface area contributed by atoms with Crippen LogP contribution in [0.25, 0.3) is 0 Å². The van der Waals surface area contributed by atoms with E-state index in [9.17, 15) is 22.0 Å². The van der Waals surface area contributed by atoms with E-state index in [1.54, 1.807) is 30.3 Å². The van der Waals surface area contributed by atoms with Gasteiger partial charge in [-0.15, -0.1) is 13.2 Å². The average Bonchev–Trinajstić information content (AvgIpc) is 2.46. The molecule has 3 nitrogen and oxygen atoms in total. The number of halogens is 5. The quantitative estimate of drug-likeness (QED) is 0.518. The van der Waals surface area contributed by atoms with Gasteiger partial charge in [-0.25, -0.2) is 8.78 Å². The van der Waals surface area contributed by atoms with Crippen molar-refractivity contribution < 1.29 is 26.7 Å². The van der Waals surface area contributed by atoms with Crippen molar-refractivity contribution in [2.45, 2.75) is 6.36 Å². The Hall–Kier alpha value is -2.64. The van der Waals surface area contributed by atoms with Crippen LogP contribution in [0.3, 0.4) is 0 Å². The minimum Gasteiger partial charge on any atom is -0.402 e. The minimum absolute atomic E-state index is 0.522. The number of para-hydroxylation sites is 1. The molecule has 1 N–H and O–H groups in total. The predicted octanol–water partition coefficient (Wildman–Crippen LogP) is 4.31. The molecule has 0 saturated carbocycles. The Labute approximate surface area is 122 Å². The SMILES string of the molecule is Fc1ccc(F)c(OC(F)(F)F)c1C=NNc1ccccc1. The first-order valence-electron chi connectivity index (χ1n) is 5.95. The van der Waals surface area contributed by atoms with Gasteiger partial charge >= 0.3 is 6.36 Å². The van der Waals surface area contributed by atoms with E-state index < -0.39 is 29.3 Å². The van der Waals surface area contributed by atoms with Crippen LogP contribution in [-0.2, 0) is 0 Å². The molecule has 8 heteroatoms. The molecule has 0 atom stereocenters. The summed E-state index contributed by atoms with van der Waals surface area (Å²) < 4.78 is 67.3. The fraction of sp³-hybridized carbons (Fsp3) is 0.0714. The van der Waals surface area contributed by atoms with Crippen molar-refractivity contribution in [1.82, 2.24) is 0 Å². The Balaban J connectivity index is 2.27. The van der Waals surface area contributed by atoms with Crippen molar-refractivity contribution in [3.63, 3.8) is 0 Å². The lowest BCUT2D eigenvalue weighted by molar-refractivity contribution is -0.275. The van der Waals surface area contributed by atoms with Gasteiger partial charge in [-0.2, -0.15) is 5.10 Å². The lowest BCUT2D eigenvalue weighted by Gasteiger charge is -2.12. The summed E-state index contributed by atoms with van der Waals surface area (Å²) in [7, 11) is 0. The van der Waals surface area contributed by atoms with E-state index in [4.69, 9.17) is 0 Å². The van der Waals surface area contributed by atoms with E-state index in [0.29, 0.717) is 24.0 Å². The zero-order valence-electron chi connectivity index (χ0n) is 10.9. The molecular formula is C14H9F5N2O. The second-order valence-electron chi connectivity index (χ2n) is 4.06. The molecule has 0 aromatic heterocycles. The Kier molecular flexibility index (Phi) is 4.59. The van der Waals surface area contributed by atoms with Gasteiger partial charge < -0.3 is 4.74 Å². The molecule has 0 spiro atoms. The summed E-state index contributed by atoms with van der Waals surface area (Å²) in [5, 5.41) is 3.58.